The third-order valence-electron chi connectivity index (χ3n) is 4.80. The Kier molecular flexibility index (Phi) is 8.00. The molecule has 1 aromatic carbocycles. The van der Waals surface area contributed by atoms with Gasteiger partial charge < -0.3 is 19.8 Å². The fourth-order valence-corrected chi connectivity index (χ4v) is 3.18. The number of fused-ring (bicyclic) bond motifs is 1. The number of benzene rings is 1. The molecule has 12 heteroatoms. The standard InChI is InChI=1S/C22H21N5O2.C2HF3O2/c1-14-6-4-5-7-17(14)20-18-11-16(12-24-22(18)29-26-20)21(28)25-19-10-15(8-9-23-19)13-27(2)3;3-2(4,5)1(6)7/h4-12H,13H2,1-3H3,(H,23,25,28);(H,6,7). The summed E-state index contributed by atoms with van der Waals surface area (Å²) in [6.45, 7) is 2.77. The first kappa shape index (κ1) is 26.3. The fourth-order valence-electron chi connectivity index (χ4n) is 3.18. The molecule has 4 aromatic rings. The number of nitrogens with zero attached hydrogens (tertiary/aromatic N) is 4. The topological polar surface area (TPSA) is 121 Å². The summed E-state index contributed by atoms with van der Waals surface area (Å²) in [7, 11) is 3.98. The van der Waals surface area contributed by atoms with E-state index in [0.29, 0.717) is 28.2 Å². The van der Waals surface area contributed by atoms with Crippen LogP contribution < -0.4 is 5.32 Å². The van der Waals surface area contributed by atoms with Crippen molar-refractivity contribution in [2.75, 3.05) is 19.4 Å². The van der Waals surface area contributed by atoms with Crippen molar-refractivity contribution in [1.82, 2.24) is 20.0 Å². The van der Waals surface area contributed by atoms with Crippen molar-refractivity contribution >= 4 is 28.8 Å². The summed E-state index contributed by atoms with van der Waals surface area (Å²) in [5.74, 6) is -2.54. The minimum absolute atomic E-state index is 0.286. The molecule has 0 bridgehead atoms. The molecule has 2 N–H and O–H groups in total. The van der Waals surface area contributed by atoms with Crippen LogP contribution >= 0.6 is 0 Å². The summed E-state index contributed by atoms with van der Waals surface area (Å²) < 4.78 is 37.1. The lowest BCUT2D eigenvalue weighted by molar-refractivity contribution is -0.192. The van der Waals surface area contributed by atoms with E-state index in [0.717, 1.165) is 23.2 Å². The molecule has 4 rings (SSSR count). The Hall–Kier alpha value is -4.32. The number of carboxylic acids is 1. The fraction of sp³-hybridized carbons (Fsp3) is 0.208. The van der Waals surface area contributed by atoms with Crippen molar-refractivity contribution in [2.45, 2.75) is 19.6 Å². The third kappa shape index (κ3) is 6.63. The first-order valence-electron chi connectivity index (χ1n) is 10.5. The molecule has 0 aliphatic heterocycles. The van der Waals surface area contributed by atoms with E-state index in [1.54, 1.807) is 12.3 Å². The molecular weight excluding hydrogens is 479 g/mol. The number of hydrogen-bond donors (Lipinski definition) is 2. The SMILES string of the molecule is Cc1ccccc1-c1noc2ncc(C(=O)Nc3cc(CN(C)C)ccn3)cc12.O=C(O)C(F)(F)F. The number of anilines is 1. The molecule has 0 saturated carbocycles. The highest BCUT2D eigenvalue weighted by Gasteiger charge is 2.38. The number of pyridine rings is 2. The van der Waals surface area contributed by atoms with Crippen LogP contribution in [0, 0.1) is 6.92 Å². The largest absolute Gasteiger partial charge is 0.490 e. The van der Waals surface area contributed by atoms with Gasteiger partial charge in [-0.15, -0.1) is 0 Å². The van der Waals surface area contributed by atoms with Gasteiger partial charge in [-0.05, 0) is 50.3 Å². The number of aryl methyl sites for hydroxylation is 1. The summed E-state index contributed by atoms with van der Waals surface area (Å²) in [5.41, 5.74) is 4.56. The van der Waals surface area contributed by atoms with Gasteiger partial charge in [0.05, 0.1) is 10.9 Å². The zero-order chi connectivity index (χ0) is 26.5. The number of carbonyl (C=O) groups is 2. The Morgan fingerprint density at radius 3 is 2.44 bits per heavy atom. The van der Waals surface area contributed by atoms with Crippen molar-refractivity contribution in [1.29, 1.82) is 0 Å². The summed E-state index contributed by atoms with van der Waals surface area (Å²) in [6, 6.07) is 13.4. The Balaban J connectivity index is 0.000000454. The van der Waals surface area contributed by atoms with E-state index < -0.39 is 12.1 Å². The number of amides is 1. The van der Waals surface area contributed by atoms with Crippen LogP contribution in [0.2, 0.25) is 0 Å². The van der Waals surface area contributed by atoms with Crippen molar-refractivity contribution in [3.05, 3.63) is 71.5 Å². The minimum Gasteiger partial charge on any atom is -0.475 e. The maximum absolute atomic E-state index is 12.8. The second-order valence-corrected chi connectivity index (χ2v) is 7.97. The zero-order valence-corrected chi connectivity index (χ0v) is 19.5. The lowest BCUT2D eigenvalue weighted by Gasteiger charge is -2.11. The molecule has 0 aliphatic rings. The molecule has 3 heterocycles. The molecule has 0 radical (unpaired) electrons. The molecular formula is C24H22F3N5O4. The van der Waals surface area contributed by atoms with Crippen molar-refractivity contribution in [2.24, 2.45) is 0 Å². The summed E-state index contributed by atoms with van der Waals surface area (Å²) in [6.07, 6.45) is -1.92. The Bertz CT molecular complexity index is 1390. The maximum atomic E-state index is 12.8. The van der Waals surface area contributed by atoms with Crippen LogP contribution in [0.1, 0.15) is 21.5 Å². The molecule has 0 fully saturated rings. The minimum atomic E-state index is -5.08. The highest BCUT2D eigenvalue weighted by atomic mass is 19.4. The zero-order valence-electron chi connectivity index (χ0n) is 19.5. The van der Waals surface area contributed by atoms with Crippen molar-refractivity contribution in [3.8, 4) is 11.3 Å². The van der Waals surface area contributed by atoms with Gasteiger partial charge in [0, 0.05) is 24.5 Å². The molecule has 36 heavy (non-hydrogen) atoms. The normalized spacial score (nSPS) is 11.2. The van der Waals surface area contributed by atoms with Crippen LogP contribution in [0.25, 0.3) is 22.4 Å². The van der Waals surface area contributed by atoms with Crippen LogP contribution in [0.4, 0.5) is 19.0 Å². The first-order chi connectivity index (χ1) is 17.0. The Morgan fingerprint density at radius 1 is 1.11 bits per heavy atom. The predicted octanol–water partition coefficient (Wildman–Crippen LogP) is 4.54. The van der Waals surface area contributed by atoms with Gasteiger partial charge in [0.25, 0.3) is 11.6 Å². The number of aromatic nitrogens is 3. The number of carbonyl (C=O) groups excluding carboxylic acids is 1. The van der Waals surface area contributed by atoms with E-state index in [-0.39, 0.29) is 5.91 Å². The molecule has 3 aromatic heterocycles. The Labute approximate surface area is 203 Å². The second kappa shape index (κ2) is 11.0. The van der Waals surface area contributed by atoms with Gasteiger partial charge in [-0.2, -0.15) is 13.2 Å². The number of halogens is 3. The van der Waals surface area contributed by atoms with Gasteiger partial charge in [-0.3, -0.25) is 4.79 Å². The summed E-state index contributed by atoms with van der Waals surface area (Å²) >= 11 is 0. The molecule has 0 unspecified atom stereocenters. The lowest BCUT2D eigenvalue weighted by atomic mass is 10.0. The second-order valence-electron chi connectivity index (χ2n) is 7.97. The van der Waals surface area contributed by atoms with Gasteiger partial charge >= 0.3 is 12.1 Å². The number of hydrogen-bond acceptors (Lipinski definition) is 7. The van der Waals surface area contributed by atoms with E-state index in [2.05, 4.69) is 25.3 Å². The monoisotopic (exact) mass is 501 g/mol. The van der Waals surface area contributed by atoms with Gasteiger partial charge in [0.2, 0.25) is 0 Å². The maximum Gasteiger partial charge on any atom is 0.490 e. The number of alkyl halides is 3. The third-order valence-corrected chi connectivity index (χ3v) is 4.80. The highest BCUT2D eigenvalue weighted by Crippen LogP contribution is 2.29. The number of nitrogens with one attached hydrogen (secondary N) is 1. The van der Waals surface area contributed by atoms with Crippen LogP contribution in [0.15, 0.2) is 59.4 Å². The van der Waals surface area contributed by atoms with Crippen LogP contribution in [-0.4, -0.2) is 57.3 Å². The van der Waals surface area contributed by atoms with E-state index in [9.17, 15) is 18.0 Å². The number of carboxylic acid groups (broad SMARTS) is 1. The molecule has 0 spiro atoms. The molecule has 9 nitrogen and oxygen atoms in total. The molecule has 0 saturated heterocycles. The quantitative estimate of drug-likeness (QED) is 0.409. The van der Waals surface area contributed by atoms with Gasteiger partial charge in [-0.1, -0.05) is 29.4 Å². The average Bonchev–Trinajstić information content (AvgIpc) is 3.22. The molecule has 188 valence electrons. The van der Waals surface area contributed by atoms with E-state index in [4.69, 9.17) is 14.4 Å². The number of aliphatic carboxylic acids is 1. The smallest absolute Gasteiger partial charge is 0.475 e. The van der Waals surface area contributed by atoms with Crippen molar-refractivity contribution in [3.63, 3.8) is 0 Å². The van der Waals surface area contributed by atoms with Crippen LogP contribution in [-0.2, 0) is 11.3 Å². The highest BCUT2D eigenvalue weighted by molar-refractivity contribution is 6.06. The van der Waals surface area contributed by atoms with Crippen LogP contribution in [0.5, 0.6) is 0 Å². The van der Waals surface area contributed by atoms with Crippen LogP contribution in [0.3, 0.4) is 0 Å². The first-order valence-corrected chi connectivity index (χ1v) is 10.5. The average molecular weight is 501 g/mol. The predicted molar refractivity (Wildman–Crippen MR) is 125 cm³/mol. The van der Waals surface area contributed by atoms with Gasteiger partial charge in [0.1, 0.15) is 11.5 Å². The summed E-state index contributed by atoms with van der Waals surface area (Å²) in [4.78, 5) is 32.2. The summed E-state index contributed by atoms with van der Waals surface area (Å²) in [5, 5.41) is 14.8. The van der Waals surface area contributed by atoms with E-state index in [1.165, 1.54) is 6.20 Å². The number of rotatable bonds is 5. The van der Waals surface area contributed by atoms with E-state index in [1.807, 2.05) is 57.4 Å². The van der Waals surface area contributed by atoms with Gasteiger partial charge in [-0.25, -0.2) is 14.8 Å². The lowest BCUT2D eigenvalue weighted by Crippen LogP contribution is -2.21. The van der Waals surface area contributed by atoms with Crippen molar-refractivity contribution < 1.29 is 32.4 Å². The Morgan fingerprint density at radius 2 is 1.81 bits per heavy atom. The molecule has 0 atom stereocenters. The molecule has 1 amide bonds. The van der Waals surface area contributed by atoms with E-state index >= 15 is 0 Å². The molecule has 0 aliphatic carbocycles. The van der Waals surface area contributed by atoms with Gasteiger partial charge in [0.15, 0.2) is 0 Å².